The number of esters is 1. The van der Waals surface area contributed by atoms with Crippen LogP contribution in [0.25, 0.3) is 11.0 Å². The van der Waals surface area contributed by atoms with E-state index < -0.39 is 12.1 Å². The first-order valence-corrected chi connectivity index (χ1v) is 7.06. The molecule has 1 unspecified atom stereocenters. The molecule has 7 heteroatoms. The van der Waals surface area contributed by atoms with Crippen LogP contribution < -0.4 is 4.74 Å². The first-order valence-electron chi connectivity index (χ1n) is 7.06. The van der Waals surface area contributed by atoms with E-state index in [4.69, 9.17) is 9.15 Å². The van der Waals surface area contributed by atoms with Crippen LogP contribution in [0.2, 0.25) is 0 Å². The van der Waals surface area contributed by atoms with Gasteiger partial charge in [0.2, 0.25) is 5.76 Å². The number of carbonyl (C=O) groups is 1. The van der Waals surface area contributed by atoms with Crippen LogP contribution in [0, 0.1) is 0 Å². The molecule has 0 amide bonds. The fraction of sp³-hybridized carbons (Fsp3) is 0.250. The van der Waals surface area contributed by atoms with Crippen molar-refractivity contribution in [3.8, 4) is 5.75 Å². The molecule has 0 aliphatic carbocycles. The fourth-order valence-electron chi connectivity index (χ4n) is 2.17. The molecule has 0 aliphatic heterocycles. The molecule has 0 bridgehead atoms. The molecule has 2 heterocycles. The van der Waals surface area contributed by atoms with Gasteiger partial charge in [-0.1, -0.05) is 0 Å². The number of nitrogens with zero attached hydrogens (tertiary/aromatic N) is 2. The summed E-state index contributed by atoms with van der Waals surface area (Å²) in [7, 11) is 1.30. The highest BCUT2D eigenvalue weighted by Gasteiger charge is 2.13. The third kappa shape index (κ3) is 3.51. The number of hydrogen-bond acceptors (Lipinski definition) is 6. The number of methoxy groups -OCH3 is 1. The Morgan fingerprint density at radius 3 is 3.04 bits per heavy atom. The molecule has 3 aromatic rings. The molecule has 0 radical (unpaired) electrons. The lowest BCUT2D eigenvalue weighted by atomic mass is 10.2. The van der Waals surface area contributed by atoms with E-state index in [0.717, 1.165) is 5.39 Å². The Labute approximate surface area is 132 Å². The normalized spacial score (nSPS) is 12.3. The second kappa shape index (κ2) is 6.53. The van der Waals surface area contributed by atoms with Gasteiger partial charge in [0.15, 0.2) is 0 Å². The summed E-state index contributed by atoms with van der Waals surface area (Å²) < 4.78 is 17.2. The second-order valence-corrected chi connectivity index (χ2v) is 4.99. The average molecular weight is 316 g/mol. The predicted molar refractivity (Wildman–Crippen MR) is 81.3 cm³/mol. The number of rotatable bonds is 6. The van der Waals surface area contributed by atoms with E-state index in [1.807, 2.05) is 0 Å². The van der Waals surface area contributed by atoms with E-state index in [-0.39, 0.29) is 12.4 Å². The number of fused-ring (bicyclic) bond motifs is 1. The van der Waals surface area contributed by atoms with E-state index >= 15 is 0 Å². The molecule has 120 valence electrons. The van der Waals surface area contributed by atoms with Gasteiger partial charge < -0.3 is 19.0 Å². The van der Waals surface area contributed by atoms with Crippen molar-refractivity contribution >= 4 is 16.9 Å². The number of aromatic nitrogens is 2. The van der Waals surface area contributed by atoms with Crippen molar-refractivity contribution in [3.63, 3.8) is 0 Å². The first-order chi connectivity index (χ1) is 11.2. The molecule has 3 rings (SSSR count). The minimum Gasteiger partial charge on any atom is -0.491 e. The highest BCUT2D eigenvalue weighted by atomic mass is 16.5. The van der Waals surface area contributed by atoms with Crippen molar-refractivity contribution in [1.82, 2.24) is 9.78 Å². The number of furan rings is 1. The standard InChI is InChI=1S/C16H16N2O5/c1-21-16(20)15-7-11-3-4-13(8-14(11)23-15)22-10-12(19)9-18-6-2-5-17-18/h2-8,12,19H,9-10H2,1H3. The maximum absolute atomic E-state index is 11.4. The lowest BCUT2D eigenvalue weighted by Gasteiger charge is -2.12. The maximum atomic E-state index is 11.4. The number of aliphatic hydroxyl groups excluding tert-OH is 1. The number of hydrogen-bond donors (Lipinski definition) is 1. The summed E-state index contributed by atoms with van der Waals surface area (Å²) in [6, 6.07) is 8.59. The van der Waals surface area contributed by atoms with Crippen LogP contribution in [0.3, 0.4) is 0 Å². The Balaban J connectivity index is 1.64. The summed E-state index contributed by atoms with van der Waals surface area (Å²) in [6.45, 7) is 0.471. The number of carbonyl (C=O) groups excluding carboxylic acids is 1. The number of benzene rings is 1. The van der Waals surface area contributed by atoms with E-state index in [2.05, 4.69) is 9.84 Å². The molecule has 7 nitrogen and oxygen atoms in total. The van der Waals surface area contributed by atoms with Gasteiger partial charge >= 0.3 is 5.97 Å². The third-order valence-corrected chi connectivity index (χ3v) is 3.28. The predicted octanol–water partition coefficient (Wildman–Crippen LogP) is 1.86. The maximum Gasteiger partial charge on any atom is 0.373 e. The topological polar surface area (TPSA) is 86.7 Å². The van der Waals surface area contributed by atoms with Gasteiger partial charge in [0.05, 0.1) is 13.7 Å². The van der Waals surface area contributed by atoms with Crippen LogP contribution in [-0.4, -0.2) is 40.7 Å². The zero-order valence-electron chi connectivity index (χ0n) is 12.5. The molecule has 0 fully saturated rings. The molecule has 1 atom stereocenters. The first kappa shape index (κ1) is 15.1. The van der Waals surface area contributed by atoms with Crippen molar-refractivity contribution in [1.29, 1.82) is 0 Å². The van der Waals surface area contributed by atoms with Gasteiger partial charge in [-0.15, -0.1) is 0 Å². The molecule has 1 N–H and O–H groups in total. The molecule has 0 spiro atoms. The SMILES string of the molecule is COC(=O)c1cc2ccc(OCC(O)Cn3cccn3)cc2o1. The fourth-order valence-corrected chi connectivity index (χ4v) is 2.17. The summed E-state index contributed by atoms with van der Waals surface area (Å²) in [5.41, 5.74) is 0.518. The Morgan fingerprint density at radius 2 is 2.30 bits per heavy atom. The molecule has 0 saturated heterocycles. The average Bonchev–Trinajstić information content (AvgIpc) is 3.20. The van der Waals surface area contributed by atoms with Crippen LogP contribution in [0.5, 0.6) is 5.75 Å². The summed E-state index contributed by atoms with van der Waals surface area (Å²) >= 11 is 0. The van der Waals surface area contributed by atoms with Crippen molar-refractivity contribution in [2.45, 2.75) is 12.6 Å². The summed E-state index contributed by atoms with van der Waals surface area (Å²) in [5, 5.41) is 14.7. The molecule has 0 aliphatic rings. The van der Waals surface area contributed by atoms with Gasteiger partial charge in [0, 0.05) is 23.8 Å². The smallest absolute Gasteiger partial charge is 0.373 e. The number of aliphatic hydroxyl groups is 1. The van der Waals surface area contributed by atoms with Crippen LogP contribution in [-0.2, 0) is 11.3 Å². The Hall–Kier alpha value is -2.80. The highest BCUT2D eigenvalue weighted by Crippen LogP contribution is 2.24. The van der Waals surface area contributed by atoms with Gasteiger partial charge in [-0.25, -0.2) is 4.79 Å². The van der Waals surface area contributed by atoms with Crippen molar-refractivity contribution in [2.75, 3.05) is 13.7 Å². The van der Waals surface area contributed by atoms with E-state index in [0.29, 0.717) is 17.9 Å². The second-order valence-electron chi connectivity index (χ2n) is 4.99. The van der Waals surface area contributed by atoms with Crippen molar-refractivity contribution in [3.05, 3.63) is 48.5 Å². The zero-order chi connectivity index (χ0) is 16.2. The Morgan fingerprint density at radius 1 is 1.43 bits per heavy atom. The quantitative estimate of drug-likeness (QED) is 0.698. The minimum absolute atomic E-state index is 0.121. The van der Waals surface area contributed by atoms with Crippen molar-refractivity contribution in [2.24, 2.45) is 0 Å². The molecule has 1 aromatic carbocycles. The molecule has 23 heavy (non-hydrogen) atoms. The molecular weight excluding hydrogens is 300 g/mol. The van der Waals surface area contributed by atoms with Gasteiger partial charge in [0.25, 0.3) is 0 Å². The minimum atomic E-state index is -0.687. The van der Waals surface area contributed by atoms with Crippen LogP contribution >= 0.6 is 0 Å². The summed E-state index contributed by atoms with van der Waals surface area (Å²) in [6.07, 6.45) is 2.73. The van der Waals surface area contributed by atoms with Gasteiger partial charge in [-0.3, -0.25) is 4.68 Å². The summed E-state index contributed by atoms with van der Waals surface area (Å²) in [4.78, 5) is 11.4. The largest absolute Gasteiger partial charge is 0.491 e. The third-order valence-electron chi connectivity index (χ3n) is 3.28. The number of ether oxygens (including phenoxy) is 2. The van der Waals surface area contributed by atoms with Gasteiger partial charge in [-0.2, -0.15) is 5.10 Å². The van der Waals surface area contributed by atoms with E-state index in [1.165, 1.54) is 7.11 Å². The molecule has 0 saturated carbocycles. The summed E-state index contributed by atoms with van der Waals surface area (Å²) in [5.74, 6) is 0.152. The zero-order valence-corrected chi connectivity index (χ0v) is 12.5. The Bertz CT molecular complexity index is 794. The Kier molecular flexibility index (Phi) is 4.29. The lowest BCUT2D eigenvalue weighted by molar-refractivity contribution is 0.0567. The van der Waals surface area contributed by atoms with Crippen LogP contribution in [0.4, 0.5) is 0 Å². The van der Waals surface area contributed by atoms with Gasteiger partial charge in [-0.05, 0) is 24.3 Å². The molecule has 2 aromatic heterocycles. The van der Waals surface area contributed by atoms with E-state index in [1.54, 1.807) is 47.4 Å². The van der Waals surface area contributed by atoms with Crippen LogP contribution in [0.15, 0.2) is 47.1 Å². The van der Waals surface area contributed by atoms with Crippen LogP contribution in [0.1, 0.15) is 10.6 Å². The highest BCUT2D eigenvalue weighted by molar-refractivity contribution is 5.92. The van der Waals surface area contributed by atoms with Crippen molar-refractivity contribution < 1.29 is 23.8 Å². The molecular formula is C16H16N2O5. The lowest BCUT2D eigenvalue weighted by Crippen LogP contribution is -2.23. The van der Waals surface area contributed by atoms with Gasteiger partial charge in [0.1, 0.15) is 24.0 Å². The monoisotopic (exact) mass is 316 g/mol. The van der Waals surface area contributed by atoms with E-state index in [9.17, 15) is 9.90 Å².